The molecule has 2 unspecified atom stereocenters. The molecule has 0 radical (unpaired) electrons. The Morgan fingerprint density at radius 2 is 1.59 bits per heavy atom. The number of amides is 1. The fourth-order valence-corrected chi connectivity index (χ4v) is 12.8. The highest BCUT2D eigenvalue weighted by atomic mass is 35.5. The van der Waals surface area contributed by atoms with Gasteiger partial charge < -0.3 is 15.2 Å². The van der Waals surface area contributed by atoms with E-state index in [-0.39, 0.29) is 64.1 Å². The van der Waals surface area contributed by atoms with E-state index >= 15 is 0 Å². The monoisotopic (exact) mass is 721 g/mol. The van der Waals surface area contributed by atoms with Crippen LogP contribution in [-0.4, -0.2) is 34.8 Å². The summed E-state index contributed by atoms with van der Waals surface area (Å²) >= 11 is 6.11. The summed E-state index contributed by atoms with van der Waals surface area (Å²) in [6.45, 7) is 19.8. The number of fused-ring (bicyclic) bond motifs is 7. The summed E-state index contributed by atoms with van der Waals surface area (Å²) in [4.78, 5) is 53.2. The molecule has 0 saturated heterocycles. The summed E-state index contributed by atoms with van der Waals surface area (Å²) in [6.07, 6.45) is 7.26. The van der Waals surface area contributed by atoms with Crippen molar-refractivity contribution in [1.29, 1.82) is 0 Å². The highest BCUT2D eigenvalue weighted by Crippen LogP contribution is 2.76. The molecule has 0 aliphatic heterocycles. The number of carboxylic acid groups (broad SMARTS) is 1. The van der Waals surface area contributed by atoms with E-state index in [1.165, 1.54) is 0 Å². The second kappa shape index (κ2) is 12.7. The number of aliphatic carboxylic acids is 1. The molecule has 6 rings (SSSR count). The predicted octanol–water partition coefficient (Wildman–Crippen LogP) is 9.35. The van der Waals surface area contributed by atoms with Crippen molar-refractivity contribution in [2.45, 2.75) is 139 Å². The number of ketones is 1. The number of carbonyl (C=O) groups is 4. The Kier molecular flexibility index (Phi) is 9.50. The molecule has 0 aromatic heterocycles. The quantitative estimate of drug-likeness (QED) is 0.259. The first-order valence-electron chi connectivity index (χ1n) is 19.4. The number of carboxylic acids is 1. The third-order valence-electron chi connectivity index (χ3n) is 15.6. The molecule has 1 aromatic rings. The molecule has 8 atom stereocenters. The number of allylic oxidation sites excluding steroid dienone is 1. The Morgan fingerprint density at radius 3 is 2.22 bits per heavy atom. The fraction of sp³-hybridized carbons (Fsp3) is 0.721. The van der Waals surface area contributed by atoms with Crippen LogP contribution < -0.4 is 5.32 Å². The summed E-state index contributed by atoms with van der Waals surface area (Å²) in [5.41, 5.74) is 0.799. The molecule has 0 heterocycles. The van der Waals surface area contributed by atoms with Gasteiger partial charge in [0.1, 0.15) is 6.10 Å². The van der Waals surface area contributed by atoms with Crippen molar-refractivity contribution < 1.29 is 29.0 Å². The average Bonchev–Trinajstić information content (AvgIpc) is 3.35. The maximum Gasteiger partial charge on any atom is 0.309 e. The van der Waals surface area contributed by atoms with E-state index in [0.717, 1.165) is 61.7 Å². The minimum absolute atomic E-state index is 0.0113. The van der Waals surface area contributed by atoms with Crippen LogP contribution in [0.5, 0.6) is 0 Å². The van der Waals surface area contributed by atoms with Crippen LogP contribution in [0, 0.1) is 56.2 Å². The molecule has 280 valence electrons. The zero-order valence-corrected chi connectivity index (χ0v) is 33.1. The molecule has 0 spiro atoms. The van der Waals surface area contributed by atoms with E-state index in [1.807, 2.05) is 24.3 Å². The number of esters is 1. The summed E-state index contributed by atoms with van der Waals surface area (Å²) in [7, 11) is 0. The van der Waals surface area contributed by atoms with E-state index in [1.54, 1.807) is 13.8 Å². The highest BCUT2D eigenvalue weighted by molar-refractivity contribution is 6.30. The lowest BCUT2D eigenvalue weighted by atomic mass is 9.33. The first-order valence-corrected chi connectivity index (χ1v) is 19.8. The number of Topliss-reactive ketones (excluding diaryl/α,β-unsaturated/α-hetero) is 1. The SMILES string of the molecule is CC(C)C1=C2[C@H]3CCC4[C@@]5(C)CC[C@H](OC(=O)CC(C)(C)C(=O)O)C(C)(C)C5CC[C@@]4(C)[C@]3(C)CC[C@@]2(C(=O)NCc2ccc(Cl)cc2)CC1=O. The Bertz CT molecular complexity index is 1640. The number of benzene rings is 1. The molecule has 1 amide bonds. The van der Waals surface area contributed by atoms with E-state index in [0.29, 0.717) is 29.8 Å². The van der Waals surface area contributed by atoms with Crippen LogP contribution in [0.1, 0.15) is 132 Å². The van der Waals surface area contributed by atoms with Crippen LogP contribution in [-0.2, 0) is 30.5 Å². The Labute approximate surface area is 310 Å². The normalized spacial score (nSPS) is 37.2. The molecule has 4 saturated carbocycles. The Morgan fingerprint density at radius 1 is 0.922 bits per heavy atom. The maximum absolute atomic E-state index is 14.4. The molecular formula is C43H60ClNO6. The van der Waals surface area contributed by atoms with E-state index in [9.17, 15) is 24.3 Å². The van der Waals surface area contributed by atoms with Crippen LogP contribution in [0.2, 0.25) is 5.02 Å². The second-order valence-corrected chi connectivity index (χ2v) is 19.7. The van der Waals surface area contributed by atoms with Crippen LogP contribution in [0.15, 0.2) is 35.4 Å². The van der Waals surface area contributed by atoms with Gasteiger partial charge in [-0.25, -0.2) is 0 Å². The van der Waals surface area contributed by atoms with Gasteiger partial charge >= 0.3 is 11.9 Å². The van der Waals surface area contributed by atoms with Gasteiger partial charge in [0.25, 0.3) is 0 Å². The van der Waals surface area contributed by atoms with Gasteiger partial charge in [0, 0.05) is 23.4 Å². The first-order chi connectivity index (χ1) is 23.6. The summed E-state index contributed by atoms with van der Waals surface area (Å²) in [5.74, 6) is -0.262. The number of halogens is 1. The van der Waals surface area contributed by atoms with E-state index in [4.69, 9.17) is 16.3 Å². The van der Waals surface area contributed by atoms with Crippen molar-refractivity contribution in [2.24, 2.45) is 56.2 Å². The van der Waals surface area contributed by atoms with Crippen molar-refractivity contribution in [2.75, 3.05) is 0 Å². The number of nitrogens with one attached hydrogen (secondary N) is 1. The molecule has 0 bridgehead atoms. The van der Waals surface area contributed by atoms with Gasteiger partial charge in [0.05, 0.1) is 17.3 Å². The Hall–Kier alpha value is -2.67. The topological polar surface area (TPSA) is 110 Å². The predicted molar refractivity (Wildman–Crippen MR) is 199 cm³/mol. The zero-order chi connectivity index (χ0) is 37.5. The van der Waals surface area contributed by atoms with Gasteiger partial charge in [-0.2, -0.15) is 0 Å². The van der Waals surface area contributed by atoms with Gasteiger partial charge in [0.2, 0.25) is 5.91 Å². The second-order valence-electron chi connectivity index (χ2n) is 19.3. The maximum atomic E-state index is 14.4. The molecule has 4 fully saturated rings. The minimum Gasteiger partial charge on any atom is -0.481 e. The number of ether oxygens (including phenoxy) is 1. The van der Waals surface area contributed by atoms with Crippen molar-refractivity contribution >= 4 is 35.2 Å². The van der Waals surface area contributed by atoms with Crippen molar-refractivity contribution in [3.8, 4) is 0 Å². The average molecular weight is 722 g/mol. The molecule has 7 nitrogen and oxygen atoms in total. The lowest BCUT2D eigenvalue weighted by Crippen LogP contribution is -2.66. The third kappa shape index (κ3) is 5.81. The van der Waals surface area contributed by atoms with Gasteiger partial charge in [-0.15, -0.1) is 0 Å². The molecule has 2 N–H and O–H groups in total. The van der Waals surface area contributed by atoms with Crippen LogP contribution in [0.3, 0.4) is 0 Å². The van der Waals surface area contributed by atoms with Crippen molar-refractivity contribution in [3.05, 3.63) is 46.0 Å². The van der Waals surface area contributed by atoms with E-state index < -0.39 is 22.8 Å². The number of rotatable bonds is 8. The summed E-state index contributed by atoms with van der Waals surface area (Å²) < 4.78 is 6.15. The lowest BCUT2D eigenvalue weighted by molar-refractivity contribution is -0.233. The van der Waals surface area contributed by atoms with Crippen LogP contribution >= 0.6 is 11.6 Å². The fourth-order valence-electron chi connectivity index (χ4n) is 12.7. The van der Waals surface area contributed by atoms with Crippen molar-refractivity contribution in [3.63, 3.8) is 0 Å². The molecule has 5 aliphatic rings. The molecule has 51 heavy (non-hydrogen) atoms. The van der Waals surface area contributed by atoms with Gasteiger partial charge in [-0.1, -0.05) is 72.2 Å². The largest absolute Gasteiger partial charge is 0.481 e. The summed E-state index contributed by atoms with van der Waals surface area (Å²) in [5, 5.41) is 13.5. The molecular weight excluding hydrogens is 662 g/mol. The number of carbonyl (C=O) groups excluding carboxylic acids is 3. The van der Waals surface area contributed by atoms with Crippen molar-refractivity contribution in [1.82, 2.24) is 5.32 Å². The summed E-state index contributed by atoms with van der Waals surface area (Å²) in [6, 6.07) is 7.55. The van der Waals surface area contributed by atoms with Crippen LogP contribution in [0.4, 0.5) is 0 Å². The molecule has 8 heteroatoms. The lowest BCUT2D eigenvalue weighted by Gasteiger charge is -2.72. The van der Waals surface area contributed by atoms with E-state index in [2.05, 4.69) is 53.8 Å². The smallest absolute Gasteiger partial charge is 0.309 e. The van der Waals surface area contributed by atoms with Gasteiger partial charge in [-0.05, 0) is 134 Å². The molecule has 5 aliphatic carbocycles. The standard InChI is InChI=1S/C43H60ClNO6/c1-25(2)34-29(46)22-43(36(48)45-24-26-10-12-27(44)13-11-26)21-20-41(8)28(35(34)43)14-15-31-40(7)18-17-32(51-33(47)23-38(3,4)37(49)50)39(5,6)30(40)16-19-42(31,41)9/h10-13,25,28,30-32H,14-24H2,1-9H3,(H,45,48)(H,49,50)/t28-,30?,31?,32+,40+,41-,42-,43-/m1/s1. The van der Waals surface area contributed by atoms with Crippen LogP contribution in [0.25, 0.3) is 0 Å². The Balaban J connectivity index is 1.28. The third-order valence-corrected chi connectivity index (χ3v) is 15.9. The molecule has 1 aromatic carbocycles. The van der Waals surface area contributed by atoms with Gasteiger partial charge in [0.15, 0.2) is 5.78 Å². The number of hydrogen-bond donors (Lipinski definition) is 2. The van der Waals surface area contributed by atoms with Gasteiger partial charge in [-0.3, -0.25) is 19.2 Å². The first kappa shape index (κ1) is 38.1. The highest BCUT2D eigenvalue weighted by Gasteiger charge is 2.71. The zero-order valence-electron chi connectivity index (χ0n) is 32.3. The number of hydrogen-bond acceptors (Lipinski definition) is 5. The minimum atomic E-state index is -1.17.